The number of hydrogen-bond donors (Lipinski definition) is 1. The third-order valence-corrected chi connectivity index (χ3v) is 2.16. The first-order valence-electron chi connectivity index (χ1n) is 4.34. The van der Waals surface area contributed by atoms with Gasteiger partial charge < -0.3 is 10.1 Å². The Balaban J connectivity index is 2.76. The van der Waals surface area contributed by atoms with Gasteiger partial charge in [-0.1, -0.05) is 28.1 Å². The molecule has 0 bridgehead atoms. The van der Waals surface area contributed by atoms with Gasteiger partial charge in [0.1, 0.15) is 5.75 Å². The highest BCUT2D eigenvalue weighted by atomic mass is 79.9. The molecule has 0 aliphatic carbocycles. The van der Waals surface area contributed by atoms with E-state index in [1.54, 1.807) is 7.11 Å². The monoisotopic (exact) mass is 255 g/mol. The molecule has 0 aliphatic heterocycles. The Kier molecular flexibility index (Phi) is 4.01. The smallest absolute Gasteiger partial charge is 0.122 e. The Labute approximate surface area is 93.1 Å². The second kappa shape index (κ2) is 5.05. The molecule has 1 aromatic carbocycles. The lowest BCUT2D eigenvalue weighted by Gasteiger charge is -2.08. The maximum absolute atomic E-state index is 5.15. The summed E-state index contributed by atoms with van der Waals surface area (Å²) in [6.45, 7) is 6.60. The molecule has 1 rings (SSSR count). The van der Waals surface area contributed by atoms with E-state index in [4.69, 9.17) is 4.74 Å². The van der Waals surface area contributed by atoms with E-state index in [2.05, 4.69) is 27.8 Å². The predicted molar refractivity (Wildman–Crippen MR) is 64.0 cm³/mol. The number of ether oxygens (including phenoxy) is 1. The summed E-state index contributed by atoms with van der Waals surface area (Å²) in [5.74, 6) is 0.837. The Morgan fingerprint density at radius 2 is 2.21 bits per heavy atom. The number of halogens is 1. The maximum atomic E-state index is 5.15. The first-order valence-corrected chi connectivity index (χ1v) is 5.14. The minimum absolute atomic E-state index is 0.777. The van der Waals surface area contributed by atoms with Crippen LogP contribution >= 0.6 is 15.9 Å². The van der Waals surface area contributed by atoms with Crippen molar-refractivity contribution in [2.75, 3.05) is 19.0 Å². The zero-order valence-corrected chi connectivity index (χ0v) is 10.0. The zero-order chi connectivity index (χ0) is 10.6. The molecule has 0 fully saturated rings. The van der Waals surface area contributed by atoms with E-state index in [0.717, 1.165) is 28.0 Å². The summed E-state index contributed by atoms with van der Waals surface area (Å²) in [7, 11) is 1.66. The van der Waals surface area contributed by atoms with Crippen LogP contribution in [0.15, 0.2) is 34.8 Å². The second-order valence-corrected chi connectivity index (χ2v) is 4.11. The van der Waals surface area contributed by atoms with Crippen molar-refractivity contribution in [3.63, 3.8) is 0 Å². The molecule has 0 atom stereocenters. The van der Waals surface area contributed by atoms with Crippen LogP contribution in [0.25, 0.3) is 0 Å². The van der Waals surface area contributed by atoms with Gasteiger partial charge in [-0.2, -0.15) is 0 Å². The number of nitrogens with one attached hydrogen (secondary N) is 1. The molecular formula is C11H14BrNO. The van der Waals surface area contributed by atoms with E-state index in [1.807, 2.05) is 25.1 Å². The molecule has 76 valence electrons. The number of anilines is 1. The fourth-order valence-electron chi connectivity index (χ4n) is 1.04. The van der Waals surface area contributed by atoms with E-state index < -0.39 is 0 Å². The number of hydrogen-bond acceptors (Lipinski definition) is 2. The molecule has 0 heterocycles. The Hall–Kier alpha value is -0.960. The molecule has 0 saturated carbocycles. The van der Waals surface area contributed by atoms with E-state index in [0.29, 0.717) is 0 Å². The number of rotatable bonds is 4. The van der Waals surface area contributed by atoms with Crippen LogP contribution in [0.4, 0.5) is 5.69 Å². The van der Waals surface area contributed by atoms with Crippen molar-refractivity contribution >= 4 is 21.6 Å². The van der Waals surface area contributed by atoms with Crippen LogP contribution in [0, 0.1) is 0 Å². The third-order valence-electron chi connectivity index (χ3n) is 1.70. The van der Waals surface area contributed by atoms with Gasteiger partial charge in [0.25, 0.3) is 0 Å². The Morgan fingerprint density at radius 1 is 1.50 bits per heavy atom. The van der Waals surface area contributed by atoms with Gasteiger partial charge >= 0.3 is 0 Å². The molecule has 0 aliphatic rings. The van der Waals surface area contributed by atoms with Gasteiger partial charge in [-0.05, 0) is 19.1 Å². The summed E-state index contributed by atoms with van der Waals surface area (Å²) in [4.78, 5) is 0. The van der Waals surface area contributed by atoms with Crippen LogP contribution in [-0.2, 0) is 0 Å². The predicted octanol–water partition coefficient (Wildman–Crippen LogP) is 3.45. The molecule has 1 aromatic rings. The normalized spacial score (nSPS) is 9.64. The number of benzene rings is 1. The molecule has 3 heteroatoms. The van der Waals surface area contributed by atoms with Crippen molar-refractivity contribution < 1.29 is 4.74 Å². The van der Waals surface area contributed by atoms with Crippen LogP contribution in [0.2, 0.25) is 0 Å². The molecule has 0 unspecified atom stereocenters. The summed E-state index contributed by atoms with van der Waals surface area (Å²) in [5, 5.41) is 3.25. The van der Waals surface area contributed by atoms with Crippen molar-refractivity contribution in [2.45, 2.75) is 6.92 Å². The van der Waals surface area contributed by atoms with Crippen molar-refractivity contribution in [1.82, 2.24) is 0 Å². The summed E-state index contributed by atoms with van der Waals surface area (Å²) in [6.07, 6.45) is 0. The largest absolute Gasteiger partial charge is 0.497 e. The van der Waals surface area contributed by atoms with Crippen LogP contribution in [-0.4, -0.2) is 13.7 Å². The molecule has 0 amide bonds. The zero-order valence-electron chi connectivity index (χ0n) is 8.43. The van der Waals surface area contributed by atoms with Gasteiger partial charge in [0.2, 0.25) is 0 Å². The molecule has 0 spiro atoms. The van der Waals surface area contributed by atoms with Crippen LogP contribution in [0.5, 0.6) is 5.75 Å². The van der Waals surface area contributed by atoms with Gasteiger partial charge in [-0.3, -0.25) is 0 Å². The molecule has 1 N–H and O–H groups in total. The lowest BCUT2D eigenvalue weighted by atomic mass is 10.3. The van der Waals surface area contributed by atoms with E-state index >= 15 is 0 Å². The molecule has 0 radical (unpaired) electrons. The summed E-state index contributed by atoms with van der Waals surface area (Å²) >= 11 is 3.42. The van der Waals surface area contributed by atoms with Gasteiger partial charge in [0.05, 0.1) is 7.11 Å². The molecule has 0 saturated heterocycles. The maximum Gasteiger partial charge on any atom is 0.122 e. The Bertz CT molecular complexity index is 336. The fraction of sp³-hybridized carbons (Fsp3) is 0.273. The number of methoxy groups -OCH3 is 1. The first kappa shape index (κ1) is 11.1. The third kappa shape index (κ3) is 3.42. The van der Waals surface area contributed by atoms with Crippen molar-refractivity contribution in [3.8, 4) is 5.75 Å². The van der Waals surface area contributed by atoms with Gasteiger partial charge in [0.15, 0.2) is 0 Å². The quantitative estimate of drug-likeness (QED) is 0.833. The molecule has 14 heavy (non-hydrogen) atoms. The van der Waals surface area contributed by atoms with Crippen LogP contribution < -0.4 is 10.1 Å². The summed E-state index contributed by atoms with van der Waals surface area (Å²) in [5.41, 5.74) is 2.13. The van der Waals surface area contributed by atoms with Crippen LogP contribution in [0.3, 0.4) is 0 Å². The molecule has 2 nitrogen and oxygen atoms in total. The summed E-state index contributed by atoms with van der Waals surface area (Å²) in [6, 6.07) is 5.88. The van der Waals surface area contributed by atoms with Crippen LogP contribution in [0.1, 0.15) is 6.92 Å². The first-order chi connectivity index (χ1) is 6.61. The summed E-state index contributed by atoms with van der Waals surface area (Å²) < 4.78 is 6.15. The lowest BCUT2D eigenvalue weighted by molar-refractivity contribution is 0.414. The average Bonchev–Trinajstić information content (AvgIpc) is 2.14. The highest BCUT2D eigenvalue weighted by Gasteiger charge is 1.98. The average molecular weight is 256 g/mol. The topological polar surface area (TPSA) is 21.3 Å². The van der Waals surface area contributed by atoms with E-state index in [-0.39, 0.29) is 0 Å². The van der Waals surface area contributed by atoms with Crippen molar-refractivity contribution in [1.29, 1.82) is 0 Å². The standard InChI is InChI=1S/C11H14BrNO/c1-8(2)7-13-10-4-9(12)5-11(6-10)14-3/h4-6,13H,1,7H2,2-3H3. The fourth-order valence-corrected chi connectivity index (χ4v) is 1.51. The highest BCUT2D eigenvalue weighted by Crippen LogP contribution is 2.24. The van der Waals surface area contributed by atoms with Crippen molar-refractivity contribution in [3.05, 3.63) is 34.8 Å². The van der Waals surface area contributed by atoms with E-state index in [9.17, 15) is 0 Å². The highest BCUT2D eigenvalue weighted by molar-refractivity contribution is 9.10. The minimum Gasteiger partial charge on any atom is -0.497 e. The SMILES string of the molecule is C=C(C)CNc1cc(Br)cc(OC)c1. The van der Waals surface area contributed by atoms with Gasteiger partial charge in [-0.25, -0.2) is 0 Å². The van der Waals surface area contributed by atoms with E-state index in [1.165, 1.54) is 0 Å². The van der Waals surface area contributed by atoms with Gasteiger partial charge in [0, 0.05) is 22.8 Å². The Morgan fingerprint density at radius 3 is 2.79 bits per heavy atom. The lowest BCUT2D eigenvalue weighted by Crippen LogP contribution is -2.01. The molecular weight excluding hydrogens is 242 g/mol. The second-order valence-electron chi connectivity index (χ2n) is 3.19. The molecule has 0 aromatic heterocycles. The van der Waals surface area contributed by atoms with Crippen molar-refractivity contribution in [2.24, 2.45) is 0 Å². The van der Waals surface area contributed by atoms with Gasteiger partial charge in [-0.15, -0.1) is 0 Å². The minimum atomic E-state index is 0.777.